The molecule has 1 heterocycles. The molecule has 0 spiro atoms. The van der Waals surface area contributed by atoms with Gasteiger partial charge in [0, 0.05) is 38.8 Å². The van der Waals surface area contributed by atoms with E-state index in [0.717, 1.165) is 37.1 Å². The van der Waals surface area contributed by atoms with Crippen LogP contribution in [0.2, 0.25) is 0 Å². The minimum atomic E-state index is -0.173. The zero-order chi connectivity index (χ0) is 16.8. The summed E-state index contributed by atoms with van der Waals surface area (Å²) < 4.78 is 13.2. The molecular weight excluding hydrogens is 303 g/mol. The summed E-state index contributed by atoms with van der Waals surface area (Å²) >= 11 is 0. The maximum atomic E-state index is 13.2. The van der Waals surface area contributed by atoms with Gasteiger partial charge in [-0.3, -0.25) is 9.89 Å². The van der Waals surface area contributed by atoms with E-state index in [-0.39, 0.29) is 5.82 Å². The number of hydrogen-bond donors (Lipinski definition) is 2. The summed E-state index contributed by atoms with van der Waals surface area (Å²) in [7, 11) is 1.81. The standard InChI is InChI=1S/C19H29FN4/c1-21-19(22-11-9-15-5-4-6-16(20)13-15)23-17-10-12-24(14-17)18-7-2-3-8-18/h4-6,13,17-18H,2-3,7-12,14H2,1H3,(H2,21,22,23). The van der Waals surface area contributed by atoms with Crippen molar-refractivity contribution < 1.29 is 4.39 Å². The third kappa shape index (κ3) is 4.69. The molecule has 1 aromatic rings. The lowest BCUT2D eigenvalue weighted by atomic mass is 10.1. The van der Waals surface area contributed by atoms with Gasteiger partial charge in [-0.15, -0.1) is 0 Å². The lowest BCUT2D eigenvalue weighted by molar-refractivity contribution is 0.242. The summed E-state index contributed by atoms with van der Waals surface area (Å²) in [6.45, 7) is 3.07. The number of likely N-dealkylation sites (tertiary alicyclic amines) is 1. The normalized spacial score (nSPS) is 22.9. The molecule has 24 heavy (non-hydrogen) atoms. The molecule has 2 aliphatic rings. The predicted octanol–water partition coefficient (Wildman–Crippen LogP) is 2.55. The van der Waals surface area contributed by atoms with E-state index in [4.69, 9.17) is 0 Å². The van der Waals surface area contributed by atoms with Crippen LogP contribution in [-0.2, 0) is 6.42 Å². The molecule has 1 saturated heterocycles. The molecule has 1 aromatic carbocycles. The van der Waals surface area contributed by atoms with Gasteiger partial charge in [0.05, 0.1) is 0 Å². The SMILES string of the molecule is CN=C(NCCc1cccc(F)c1)NC1CCN(C2CCCC2)C1. The van der Waals surface area contributed by atoms with E-state index >= 15 is 0 Å². The van der Waals surface area contributed by atoms with Gasteiger partial charge in [-0.05, 0) is 43.4 Å². The molecule has 1 aliphatic heterocycles. The number of nitrogens with one attached hydrogen (secondary N) is 2. The van der Waals surface area contributed by atoms with Gasteiger partial charge >= 0.3 is 0 Å². The lowest BCUT2D eigenvalue weighted by Crippen LogP contribution is -2.45. The Morgan fingerprint density at radius 2 is 2.12 bits per heavy atom. The molecule has 4 nitrogen and oxygen atoms in total. The van der Waals surface area contributed by atoms with Gasteiger partial charge in [0.2, 0.25) is 0 Å². The molecule has 0 aromatic heterocycles. The first-order chi connectivity index (χ1) is 11.7. The maximum Gasteiger partial charge on any atom is 0.191 e. The van der Waals surface area contributed by atoms with Gasteiger partial charge < -0.3 is 10.6 Å². The third-order valence-electron chi connectivity index (χ3n) is 5.22. The van der Waals surface area contributed by atoms with E-state index in [1.807, 2.05) is 6.07 Å². The van der Waals surface area contributed by atoms with Crippen LogP contribution in [-0.4, -0.2) is 49.6 Å². The molecule has 132 valence electrons. The number of benzene rings is 1. The average Bonchev–Trinajstić information content (AvgIpc) is 3.25. The van der Waals surface area contributed by atoms with Crippen LogP contribution in [0.3, 0.4) is 0 Å². The van der Waals surface area contributed by atoms with E-state index in [1.54, 1.807) is 19.2 Å². The first kappa shape index (κ1) is 17.2. The van der Waals surface area contributed by atoms with Gasteiger partial charge in [-0.25, -0.2) is 4.39 Å². The summed E-state index contributed by atoms with van der Waals surface area (Å²) in [6.07, 6.45) is 7.49. The van der Waals surface area contributed by atoms with Crippen molar-refractivity contribution >= 4 is 5.96 Å². The van der Waals surface area contributed by atoms with Crippen LogP contribution < -0.4 is 10.6 Å². The summed E-state index contributed by atoms with van der Waals surface area (Å²) in [5, 5.41) is 6.89. The van der Waals surface area contributed by atoms with Crippen molar-refractivity contribution in [2.75, 3.05) is 26.7 Å². The summed E-state index contributed by atoms with van der Waals surface area (Å²) in [6, 6.07) is 8.07. The number of guanidine groups is 1. The van der Waals surface area contributed by atoms with Crippen LogP contribution >= 0.6 is 0 Å². The second-order valence-electron chi connectivity index (χ2n) is 6.94. The Hall–Kier alpha value is -1.62. The maximum absolute atomic E-state index is 13.2. The molecule has 2 fully saturated rings. The topological polar surface area (TPSA) is 39.7 Å². The number of hydrogen-bond acceptors (Lipinski definition) is 2. The highest BCUT2D eigenvalue weighted by atomic mass is 19.1. The second kappa shape index (κ2) is 8.47. The third-order valence-corrected chi connectivity index (χ3v) is 5.22. The smallest absolute Gasteiger partial charge is 0.191 e. The Bertz CT molecular complexity index is 554. The first-order valence-electron chi connectivity index (χ1n) is 9.20. The molecule has 0 radical (unpaired) electrons. The fourth-order valence-electron chi connectivity index (χ4n) is 3.91. The van der Waals surface area contributed by atoms with E-state index < -0.39 is 0 Å². The average molecular weight is 332 g/mol. The van der Waals surface area contributed by atoms with Crippen LogP contribution in [0.1, 0.15) is 37.7 Å². The molecule has 0 amide bonds. The fraction of sp³-hybridized carbons (Fsp3) is 0.632. The number of nitrogens with zero attached hydrogens (tertiary/aromatic N) is 2. The Morgan fingerprint density at radius 3 is 2.88 bits per heavy atom. The molecule has 1 aliphatic carbocycles. The van der Waals surface area contributed by atoms with Crippen LogP contribution in [0.4, 0.5) is 4.39 Å². The van der Waals surface area contributed by atoms with Crippen molar-refractivity contribution in [2.24, 2.45) is 4.99 Å². The molecular formula is C19H29FN4. The van der Waals surface area contributed by atoms with Crippen LogP contribution in [0, 0.1) is 5.82 Å². The molecule has 1 unspecified atom stereocenters. The molecule has 2 N–H and O–H groups in total. The highest BCUT2D eigenvalue weighted by Gasteiger charge is 2.30. The lowest BCUT2D eigenvalue weighted by Gasteiger charge is -2.24. The van der Waals surface area contributed by atoms with Gasteiger partial charge in [-0.2, -0.15) is 0 Å². The summed E-state index contributed by atoms with van der Waals surface area (Å²) in [5.74, 6) is 0.678. The molecule has 1 saturated carbocycles. The van der Waals surface area contributed by atoms with Crippen molar-refractivity contribution in [3.63, 3.8) is 0 Å². The van der Waals surface area contributed by atoms with Gasteiger partial charge in [0.1, 0.15) is 5.82 Å². The summed E-state index contributed by atoms with van der Waals surface area (Å²) in [4.78, 5) is 6.97. The highest BCUT2D eigenvalue weighted by Crippen LogP contribution is 2.26. The Kier molecular flexibility index (Phi) is 6.07. The van der Waals surface area contributed by atoms with E-state index in [0.29, 0.717) is 6.04 Å². The highest BCUT2D eigenvalue weighted by molar-refractivity contribution is 5.80. The van der Waals surface area contributed by atoms with Gasteiger partial charge in [0.15, 0.2) is 5.96 Å². The number of halogens is 1. The zero-order valence-corrected chi connectivity index (χ0v) is 14.6. The van der Waals surface area contributed by atoms with E-state index in [1.165, 1.54) is 44.7 Å². The first-order valence-corrected chi connectivity index (χ1v) is 9.20. The summed E-state index contributed by atoms with van der Waals surface area (Å²) in [5.41, 5.74) is 1.01. The predicted molar refractivity (Wildman–Crippen MR) is 96.8 cm³/mol. The van der Waals surface area contributed by atoms with Crippen molar-refractivity contribution in [3.8, 4) is 0 Å². The van der Waals surface area contributed by atoms with Crippen molar-refractivity contribution in [1.29, 1.82) is 0 Å². The van der Waals surface area contributed by atoms with Crippen molar-refractivity contribution in [3.05, 3.63) is 35.6 Å². The molecule has 5 heteroatoms. The van der Waals surface area contributed by atoms with Crippen LogP contribution in [0.25, 0.3) is 0 Å². The number of rotatable bonds is 5. The van der Waals surface area contributed by atoms with Crippen molar-refractivity contribution in [2.45, 2.75) is 50.6 Å². The number of aliphatic imine (C=N–C) groups is 1. The minimum absolute atomic E-state index is 0.173. The second-order valence-corrected chi connectivity index (χ2v) is 6.94. The molecule has 1 atom stereocenters. The monoisotopic (exact) mass is 332 g/mol. The zero-order valence-electron chi connectivity index (χ0n) is 14.6. The van der Waals surface area contributed by atoms with Gasteiger partial charge in [0.25, 0.3) is 0 Å². The Labute approximate surface area is 144 Å². The largest absolute Gasteiger partial charge is 0.356 e. The molecule has 3 rings (SSSR count). The molecule has 0 bridgehead atoms. The quantitative estimate of drug-likeness (QED) is 0.643. The van der Waals surface area contributed by atoms with Crippen molar-refractivity contribution in [1.82, 2.24) is 15.5 Å². The Morgan fingerprint density at radius 1 is 1.29 bits per heavy atom. The van der Waals surface area contributed by atoms with E-state index in [9.17, 15) is 4.39 Å². The Balaban J connectivity index is 1.40. The van der Waals surface area contributed by atoms with Crippen LogP contribution in [0.5, 0.6) is 0 Å². The fourth-order valence-corrected chi connectivity index (χ4v) is 3.91. The van der Waals surface area contributed by atoms with Crippen LogP contribution in [0.15, 0.2) is 29.3 Å². The minimum Gasteiger partial charge on any atom is -0.356 e. The van der Waals surface area contributed by atoms with E-state index in [2.05, 4.69) is 20.5 Å². The van der Waals surface area contributed by atoms with Gasteiger partial charge in [-0.1, -0.05) is 25.0 Å².